The van der Waals surface area contributed by atoms with Gasteiger partial charge in [-0.2, -0.15) is 0 Å². The van der Waals surface area contributed by atoms with Gasteiger partial charge < -0.3 is 19.7 Å². The largest absolute Gasteiger partial charge is 0.496 e. The van der Waals surface area contributed by atoms with E-state index in [1.54, 1.807) is 25.3 Å². The van der Waals surface area contributed by atoms with E-state index in [9.17, 15) is 9.90 Å². The Labute approximate surface area is 140 Å². The van der Waals surface area contributed by atoms with Crippen LogP contribution in [0.15, 0.2) is 48.7 Å². The first-order chi connectivity index (χ1) is 11.6. The van der Waals surface area contributed by atoms with Gasteiger partial charge in [0.05, 0.1) is 13.7 Å². The Morgan fingerprint density at radius 2 is 2.04 bits per heavy atom. The van der Waals surface area contributed by atoms with E-state index < -0.39 is 0 Å². The van der Waals surface area contributed by atoms with Crippen molar-refractivity contribution in [1.82, 2.24) is 4.57 Å². The number of methoxy groups -OCH3 is 1. The third kappa shape index (κ3) is 3.12. The number of hydrogen-bond acceptors (Lipinski definition) is 3. The van der Waals surface area contributed by atoms with E-state index in [0.29, 0.717) is 17.0 Å². The molecule has 0 saturated heterocycles. The predicted octanol–water partition coefficient (Wildman–Crippen LogP) is 3.09. The monoisotopic (exact) mass is 324 g/mol. The van der Waals surface area contributed by atoms with E-state index in [0.717, 1.165) is 16.5 Å². The number of amides is 1. The van der Waals surface area contributed by atoms with Crippen LogP contribution in [0.4, 0.5) is 5.69 Å². The van der Waals surface area contributed by atoms with Gasteiger partial charge in [0.2, 0.25) is 5.91 Å². The van der Waals surface area contributed by atoms with Crippen molar-refractivity contribution in [1.29, 1.82) is 0 Å². The van der Waals surface area contributed by atoms with Crippen LogP contribution >= 0.6 is 0 Å². The van der Waals surface area contributed by atoms with Crippen LogP contribution in [-0.2, 0) is 17.9 Å². The lowest BCUT2D eigenvalue weighted by atomic mass is 10.2. The molecule has 124 valence electrons. The standard InChI is InChI=1S/C19H20N2O3/c1-13-10-21(17-6-4-3-5-16(13)17)11-19(23)20-15-7-8-18(24-2)14(9-15)12-22/h3-10,22H,11-12H2,1-2H3,(H,20,23). The lowest BCUT2D eigenvalue weighted by Gasteiger charge is -2.11. The summed E-state index contributed by atoms with van der Waals surface area (Å²) in [6.45, 7) is 2.12. The van der Waals surface area contributed by atoms with Gasteiger partial charge >= 0.3 is 0 Å². The number of nitrogens with one attached hydrogen (secondary N) is 1. The minimum Gasteiger partial charge on any atom is -0.496 e. The number of anilines is 1. The predicted molar refractivity (Wildman–Crippen MR) is 94.2 cm³/mol. The van der Waals surface area contributed by atoms with Crippen LogP contribution in [0.5, 0.6) is 5.75 Å². The lowest BCUT2D eigenvalue weighted by Crippen LogP contribution is -2.18. The minimum absolute atomic E-state index is 0.121. The molecular formula is C19H20N2O3. The highest BCUT2D eigenvalue weighted by molar-refractivity contribution is 5.92. The molecule has 2 N–H and O–H groups in total. The maximum Gasteiger partial charge on any atom is 0.244 e. The summed E-state index contributed by atoms with van der Waals surface area (Å²) in [7, 11) is 1.55. The molecule has 1 amide bonds. The van der Waals surface area contributed by atoms with E-state index in [2.05, 4.69) is 11.4 Å². The zero-order valence-electron chi connectivity index (χ0n) is 13.7. The number of aryl methyl sites for hydroxylation is 1. The van der Waals surface area contributed by atoms with Gasteiger partial charge in [-0.25, -0.2) is 0 Å². The van der Waals surface area contributed by atoms with Crippen molar-refractivity contribution in [3.63, 3.8) is 0 Å². The highest BCUT2D eigenvalue weighted by Crippen LogP contribution is 2.23. The van der Waals surface area contributed by atoms with Crippen molar-refractivity contribution in [2.75, 3.05) is 12.4 Å². The maximum absolute atomic E-state index is 12.4. The summed E-state index contributed by atoms with van der Waals surface area (Å²) in [5.41, 5.74) is 3.46. The van der Waals surface area contributed by atoms with Crippen LogP contribution in [0.3, 0.4) is 0 Å². The molecule has 0 aliphatic carbocycles. The molecule has 0 aliphatic heterocycles. The summed E-state index contributed by atoms with van der Waals surface area (Å²) < 4.78 is 7.11. The Bertz CT molecular complexity index is 883. The van der Waals surface area contributed by atoms with Crippen molar-refractivity contribution in [3.05, 3.63) is 59.8 Å². The summed E-state index contributed by atoms with van der Waals surface area (Å²) in [6, 6.07) is 13.2. The topological polar surface area (TPSA) is 63.5 Å². The Morgan fingerprint density at radius 3 is 2.79 bits per heavy atom. The Balaban J connectivity index is 1.78. The van der Waals surface area contributed by atoms with Gasteiger partial charge in [-0.05, 0) is 36.8 Å². The molecule has 5 nitrogen and oxygen atoms in total. The molecular weight excluding hydrogens is 304 g/mol. The molecule has 0 unspecified atom stereocenters. The number of carbonyl (C=O) groups is 1. The molecule has 0 atom stereocenters. The zero-order valence-corrected chi connectivity index (χ0v) is 13.7. The lowest BCUT2D eigenvalue weighted by molar-refractivity contribution is -0.116. The van der Waals surface area contributed by atoms with Gasteiger partial charge in [0.1, 0.15) is 12.3 Å². The average molecular weight is 324 g/mol. The van der Waals surface area contributed by atoms with Crippen LogP contribution in [0.2, 0.25) is 0 Å². The fraction of sp³-hybridized carbons (Fsp3) is 0.211. The second kappa shape index (κ2) is 6.76. The molecule has 3 rings (SSSR count). The molecule has 5 heteroatoms. The molecule has 2 aromatic carbocycles. The van der Waals surface area contributed by atoms with Crippen molar-refractivity contribution in [2.45, 2.75) is 20.1 Å². The normalized spacial score (nSPS) is 10.8. The van der Waals surface area contributed by atoms with E-state index in [1.807, 2.05) is 35.9 Å². The molecule has 24 heavy (non-hydrogen) atoms. The molecule has 0 fully saturated rings. The van der Waals surface area contributed by atoms with Crippen molar-refractivity contribution >= 4 is 22.5 Å². The first-order valence-electron chi connectivity index (χ1n) is 7.74. The van der Waals surface area contributed by atoms with E-state index in [1.165, 1.54) is 0 Å². The summed E-state index contributed by atoms with van der Waals surface area (Å²) in [4.78, 5) is 12.4. The third-order valence-corrected chi connectivity index (χ3v) is 4.04. The SMILES string of the molecule is COc1ccc(NC(=O)Cn2cc(C)c3ccccc32)cc1CO. The number of benzene rings is 2. The molecule has 1 heterocycles. The minimum atomic E-state index is -0.145. The highest BCUT2D eigenvalue weighted by atomic mass is 16.5. The number of aliphatic hydroxyl groups is 1. The molecule has 0 aliphatic rings. The van der Waals surface area contributed by atoms with Gasteiger partial charge in [0, 0.05) is 28.4 Å². The molecule has 0 saturated carbocycles. The fourth-order valence-corrected chi connectivity index (χ4v) is 2.90. The number of carbonyl (C=O) groups excluding carboxylic acids is 1. The quantitative estimate of drug-likeness (QED) is 0.758. The van der Waals surface area contributed by atoms with Crippen molar-refractivity contribution < 1.29 is 14.6 Å². The summed E-state index contributed by atoms with van der Waals surface area (Å²) >= 11 is 0. The van der Waals surface area contributed by atoms with E-state index in [-0.39, 0.29) is 19.1 Å². The average Bonchev–Trinajstić information content (AvgIpc) is 2.91. The maximum atomic E-state index is 12.4. The van der Waals surface area contributed by atoms with Crippen LogP contribution < -0.4 is 10.1 Å². The van der Waals surface area contributed by atoms with Crippen molar-refractivity contribution in [2.24, 2.45) is 0 Å². The van der Waals surface area contributed by atoms with Gasteiger partial charge in [0.25, 0.3) is 0 Å². The molecule has 0 spiro atoms. The number of rotatable bonds is 5. The second-order valence-corrected chi connectivity index (χ2v) is 5.69. The van der Waals surface area contributed by atoms with Crippen LogP contribution in [0.1, 0.15) is 11.1 Å². The number of para-hydroxylation sites is 1. The number of aromatic nitrogens is 1. The van der Waals surface area contributed by atoms with Gasteiger partial charge in [0.15, 0.2) is 0 Å². The zero-order chi connectivity index (χ0) is 17.1. The highest BCUT2D eigenvalue weighted by Gasteiger charge is 2.10. The fourth-order valence-electron chi connectivity index (χ4n) is 2.90. The van der Waals surface area contributed by atoms with Crippen molar-refractivity contribution in [3.8, 4) is 5.75 Å². The van der Waals surface area contributed by atoms with Gasteiger partial charge in [-0.1, -0.05) is 18.2 Å². The number of hydrogen-bond donors (Lipinski definition) is 2. The number of aliphatic hydroxyl groups excluding tert-OH is 1. The van der Waals surface area contributed by atoms with Gasteiger partial charge in [-0.3, -0.25) is 4.79 Å². The first kappa shape index (κ1) is 16.1. The summed E-state index contributed by atoms with van der Waals surface area (Å²) in [6.07, 6.45) is 1.98. The molecule has 1 aromatic heterocycles. The number of fused-ring (bicyclic) bond motifs is 1. The first-order valence-corrected chi connectivity index (χ1v) is 7.74. The van der Waals surface area contributed by atoms with E-state index in [4.69, 9.17) is 4.74 Å². The summed E-state index contributed by atoms with van der Waals surface area (Å²) in [5.74, 6) is 0.479. The molecule has 3 aromatic rings. The van der Waals surface area contributed by atoms with Gasteiger partial charge in [-0.15, -0.1) is 0 Å². The van der Waals surface area contributed by atoms with Crippen LogP contribution in [-0.4, -0.2) is 22.7 Å². The Morgan fingerprint density at radius 1 is 1.25 bits per heavy atom. The molecule has 0 radical (unpaired) electrons. The molecule has 0 bridgehead atoms. The number of nitrogens with zero attached hydrogens (tertiary/aromatic N) is 1. The summed E-state index contributed by atoms with van der Waals surface area (Å²) in [5, 5.41) is 13.4. The second-order valence-electron chi connectivity index (χ2n) is 5.69. The van der Waals surface area contributed by atoms with Crippen LogP contribution in [0, 0.1) is 6.92 Å². The number of ether oxygens (including phenoxy) is 1. The third-order valence-electron chi connectivity index (χ3n) is 4.04. The smallest absolute Gasteiger partial charge is 0.244 e. The van der Waals surface area contributed by atoms with E-state index >= 15 is 0 Å². The van der Waals surface area contributed by atoms with Crippen LogP contribution in [0.25, 0.3) is 10.9 Å². The Hall–Kier alpha value is -2.79. The Kier molecular flexibility index (Phi) is 4.53.